The molecule has 1 aromatic carbocycles. The third-order valence-corrected chi connectivity index (χ3v) is 3.35. The van der Waals surface area contributed by atoms with Gasteiger partial charge in [-0.1, -0.05) is 30.3 Å². The van der Waals surface area contributed by atoms with Crippen LogP contribution in [0.4, 0.5) is 5.82 Å². The van der Waals surface area contributed by atoms with Crippen molar-refractivity contribution in [3.63, 3.8) is 0 Å². The molecule has 0 radical (unpaired) electrons. The Morgan fingerprint density at radius 3 is 2.63 bits per heavy atom. The van der Waals surface area contributed by atoms with Crippen molar-refractivity contribution in [2.75, 3.05) is 11.9 Å². The van der Waals surface area contributed by atoms with Crippen molar-refractivity contribution in [3.8, 4) is 0 Å². The van der Waals surface area contributed by atoms with E-state index >= 15 is 0 Å². The monoisotopic (exact) mass is 253 g/mol. The molecule has 1 saturated carbocycles. The molecule has 0 atom stereocenters. The lowest BCUT2D eigenvalue weighted by molar-refractivity contribution is 0.897. The molecule has 0 unspecified atom stereocenters. The summed E-state index contributed by atoms with van der Waals surface area (Å²) in [5.74, 6) is 2.55. The summed E-state index contributed by atoms with van der Waals surface area (Å²) in [5, 5.41) is 3.31. The van der Waals surface area contributed by atoms with Gasteiger partial charge < -0.3 is 5.32 Å². The zero-order valence-electron chi connectivity index (χ0n) is 11.3. The van der Waals surface area contributed by atoms with Gasteiger partial charge >= 0.3 is 0 Å². The van der Waals surface area contributed by atoms with Crippen molar-refractivity contribution >= 4 is 5.82 Å². The molecule has 3 rings (SSSR count). The van der Waals surface area contributed by atoms with Gasteiger partial charge in [0, 0.05) is 30.6 Å². The Morgan fingerprint density at radius 2 is 1.95 bits per heavy atom. The van der Waals surface area contributed by atoms with E-state index in [0.29, 0.717) is 5.92 Å². The van der Waals surface area contributed by atoms with E-state index in [9.17, 15) is 0 Å². The quantitative estimate of drug-likeness (QED) is 0.887. The van der Waals surface area contributed by atoms with Crippen LogP contribution >= 0.6 is 0 Å². The van der Waals surface area contributed by atoms with Gasteiger partial charge in [-0.3, -0.25) is 0 Å². The van der Waals surface area contributed by atoms with Crippen molar-refractivity contribution < 1.29 is 0 Å². The average molecular weight is 253 g/mol. The molecular weight excluding hydrogens is 234 g/mol. The first-order valence-electron chi connectivity index (χ1n) is 7.01. The maximum atomic E-state index is 4.72. The van der Waals surface area contributed by atoms with Gasteiger partial charge in [-0.2, -0.15) is 0 Å². The van der Waals surface area contributed by atoms with Crippen LogP contribution in [0.15, 0.2) is 36.4 Å². The Bertz CT molecular complexity index is 547. The van der Waals surface area contributed by atoms with Gasteiger partial charge in [0.1, 0.15) is 11.6 Å². The summed E-state index contributed by atoms with van der Waals surface area (Å²) in [6, 6.07) is 12.5. The highest BCUT2D eigenvalue weighted by Gasteiger charge is 2.26. The van der Waals surface area contributed by atoms with E-state index < -0.39 is 0 Å². The fourth-order valence-corrected chi connectivity index (χ4v) is 2.24. The highest BCUT2D eigenvalue weighted by molar-refractivity contribution is 5.38. The molecule has 1 N–H and O–H groups in total. The molecular formula is C16H19N3. The predicted molar refractivity (Wildman–Crippen MR) is 77.4 cm³/mol. The van der Waals surface area contributed by atoms with Gasteiger partial charge in [0.05, 0.1) is 0 Å². The van der Waals surface area contributed by atoms with Gasteiger partial charge in [-0.15, -0.1) is 0 Å². The summed E-state index contributed by atoms with van der Waals surface area (Å²) in [6.07, 6.45) is 3.35. The maximum Gasteiger partial charge on any atom is 0.135 e. The van der Waals surface area contributed by atoms with E-state index in [0.717, 1.165) is 24.6 Å². The first-order valence-corrected chi connectivity index (χ1v) is 7.01. The minimum atomic E-state index is 0.662. The number of anilines is 1. The zero-order valence-corrected chi connectivity index (χ0v) is 11.3. The molecule has 19 heavy (non-hydrogen) atoms. The van der Waals surface area contributed by atoms with E-state index in [4.69, 9.17) is 4.98 Å². The molecule has 3 nitrogen and oxygen atoms in total. The lowest BCUT2D eigenvalue weighted by Crippen LogP contribution is -2.06. The fraction of sp³-hybridized carbons (Fsp3) is 0.375. The summed E-state index contributed by atoms with van der Waals surface area (Å²) in [5.41, 5.74) is 2.47. The predicted octanol–water partition coefficient (Wildman–Crippen LogP) is 3.38. The second kappa shape index (κ2) is 5.39. The number of nitrogens with one attached hydrogen (secondary N) is 1. The van der Waals surface area contributed by atoms with Crippen LogP contribution in [0.3, 0.4) is 0 Å². The maximum absolute atomic E-state index is 4.72. The van der Waals surface area contributed by atoms with Crippen molar-refractivity contribution in [2.45, 2.75) is 32.1 Å². The molecule has 1 fully saturated rings. The second-order valence-corrected chi connectivity index (χ2v) is 5.06. The Hall–Kier alpha value is -1.90. The van der Waals surface area contributed by atoms with Gasteiger partial charge in [-0.25, -0.2) is 9.97 Å². The largest absolute Gasteiger partial charge is 0.370 e. The third-order valence-electron chi connectivity index (χ3n) is 3.35. The van der Waals surface area contributed by atoms with Crippen LogP contribution in [-0.2, 0) is 6.42 Å². The van der Waals surface area contributed by atoms with Crippen LogP contribution in [0.2, 0.25) is 0 Å². The smallest absolute Gasteiger partial charge is 0.135 e. The van der Waals surface area contributed by atoms with E-state index in [1.54, 1.807) is 0 Å². The van der Waals surface area contributed by atoms with Crippen LogP contribution in [0.1, 0.15) is 42.8 Å². The highest BCUT2D eigenvalue weighted by Crippen LogP contribution is 2.39. The normalized spacial score (nSPS) is 14.4. The van der Waals surface area contributed by atoms with E-state index in [2.05, 4.69) is 47.6 Å². The van der Waals surface area contributed by atoms with Crippen molar-refractivity contribution in [3.05, 3.63) is 53.5 Å². The molecule has 1 heterocycles. The van der Waals surface area contributed by atoms with E-state index in [-0.39, 0.29) is 0 Å². The molecule has 1 aliphatic rings. The van der Waals surface area contributed by atoms with Crippen LogP contribution in [-0.4, -0.2) is 16.5 Å². The Morgan fingerprint density at radius 1 is 1.16 bits per heavy atom. The number of aromatic nitrogens is 2. The van der Waals surface area contributed by atoms with Crippen LogP contribution in [0.25, 0.3) is 0 Å². The van der Waals surface area contributed by atoms with Crippen molar-refractivity contribution in [2.24, 2.45) is 0 Å². The van der Waals surface area contributed by atoms with Crippen LogP contribution in [0, 0.1) is 0 Å². The molecule has 1 aliphatic carbocycles. The summed E-state index contributed by atoms with van der Waals surface area (Å²) in [6.45, 7) is 2.99. The molecule has 1 aromatic heterocycles. The summed E-state index contributed by atoms with van der Waals surface area (Å²) >= 11 is 0. The third kappa shape index (κ3) is 3.11. The number of nitrogens with zero attached hydrogens (tertiary/aromatic N) is 2. The number of hydrogen-bond acceptors (Lipinski definition) is 3. The first kappa shape index (κ1) is 12.2. The summed E-state index contributed by atoms with van der Waals surface area (Å²) < 4.78 is 0. The first-order chi connectivity index (χ1) is 9.35. The highest BCUT2D eigenvalue weighted by atomic mass is 15.0. The molecule has 0 aliphatic heterocycles. The van der Waals surface area contributed by atoms with Gasteiger partial charge in [0.15, 0.2) is 0 Å². The van der Waals surface area contributed by atoms with E-state index in [1.807, 2.05) is 6.07 Å². The van der Waals surface area contributed by atoms with Gasteiger partial charge in [0.2, 0.25) is 0 Å². The molecule has 0 bridgehead atoms. The molecule has 2 aromatic rings. The van der Waals surface area contributed by atoms with Crippen molar-refractivity contribution in [1.82, 2.24) is 9.97 Å². The molecule has 0 saturated heterocycles. The Balaban J connectivity index is 1.86. The molecule has 3 heteroatoms. The molecule has 98 valence electrons. The molecule has 0 spiro atoms. The molecule has 0 amide bonds. The summed E-state index contributed by atoms with van der Waals surface area (Å²) in [7, 11) is 0. The van der Waals surface area contributed by atoms with Crippen LogP contribution in [0.5, 0.6) is 0 Å². The number of hydrogen-bond donors (Lipinski definition) is 1. The number of rotatable bonds is 5. The standard InChI is InChI=1S/C16H19N3/c1-2-17-15-11-14(13-8-9-13)18-16(19-15)10-12-6-4-3-5-7-12/h3-7,11,13H,2,8-10H2,1H3,(H,17,18,19). The van der Waals surface area contributed by atoms with E-state index in [1.165, 1.54) is 24.1 Å². The van der Waals surface area contributed by atoms with Crippen molar-refractivity contribution in [1.29, 1.82) is 0 Å². The average Bonchev–Trinajstić information content (AvgIpc) is 3.24. The summed E-state index contributed by atoms with van der Waals surface area (Å²) in [4.78, 5) is 9.33. The Labute approximate surface area is 114 Å². The van der Waals surface area contributed by atoms with Gasteiger partial charge in [0.25, 0.3) is 0 Å². The zero-order chi connectivity index (χ0) is 13.1. The SMILES string of the molecule is CCNc1cc(C2CC2)nc(Cc2ccccc2)n1. The minimum absolute atomic E-state index is 0.662. The van der Waals surface area contributed by atoms with Gasteiger partial charge in [-0.05, 0) is 25.3 Å². The fourth-order valence-electron chi connectivity index (χ4n) is 2.24. The lowest BCUT2D eigenvalue weighted by Gasteiger charge is -2.08. The lowest BCUT2D eigenvalue weighted by atomic mass is 10.1. The number of benzene rings is 1. The van der Waals surface area contributed by atoms with Crippen LogP contribution < -0.4 is 5.32 Å². The minimum Gasteiger partial charge on any atom is -0.370 e. The Kier molecular flexibility index (Phi) is 3.45. The second-order valence-electron chi connectivity index (χ2n) is 5.06. The topological polar surface area (TPSA) is 37.8 Å².